The standard InChI is InChI=1S/C7H14N5S.Au.ClH/c8-6(11-12-7(9)13)5-3-1-2-4-10-5;;/h5H,1-4H2,(H2,8,11)(H3,9,12,13);;1H/q-1;+1;/p-2. The summed E-state index contributed by atoms with van der Waals surface area (Å²) in [6, 6.07) is 0.00634. The molecular weight excluding hydrogens is 419 g/mol. The van der Waals surface area contributed by atoms with E-state index in [1.54, 1.807) is 20.0 Å². The molecule has 0 aliphatic carbocycles. The van der Waals surface area contributed by atoms with Crippen LogP contribution in [-0.2, 0) is 32.6 Å². The number of rotatable bonds is 2. The molecule has 1 atom stereocenters. The fourth-order valence-corrected chi connectivity index (χ4v) is 1.24. The van der Waals surface area contributed by atoms with Crippen molar-refractivity contribution in [2.24, 2.45) is 21.7 Å². The second-order valence-corrected chi connectivity index (χ2v) is 3.30. The monoisotopic (exact) mass is 431 g/mol. The van der Waals surface area contributed by atoms with Gasteiger partial charge in [0, 0.05) is 0 Å². The van der Waals surface area contributed by atoms with E-state index in [9.17, 15) is 0 Å². The Morgan fingerprint density at radius 2 is 2.00 bits per heavy atom. The van der Waals surface area contributed by atoms with Crippen LogP contribution >= 0.6 is 9.19 Å². The van der Waals surface area contributed by atoms with Gasteiger partial charge in [0.05, 0.1) is 0 Å². The van der Waals surface area contributed by atoms with Crippen LogP contribution in [0, 0.1) is 0 Å². The van der Waals surface area contributed by atoms with E-state index < -0.39 is 0 Å². The summed E-state index contributed by atoms with van der Waals surface area (Å²) in [7, 11) is 4.58. The normalized spacial score (nSPS) is 23.0. The van der Waals surface area contributed by atoms with Crippen molar-refractivity contribution in [3.05, 3.63) is 5.32 Å². The number of amidine groups is 2. The van der Waals surface area contributed by atoms with Crippen LogP contribution in [-0.4, -0.2) is 23.6 Å². The van der Waals surface area contributed by atoms with Crippen molar-refractivity contribution in [3.63, 3.8) is 0 Å². The van der Waals surface area contributed by atoms with E-state index >= 15 is 0 Å². The molecule has 1 saturated heterocycles. The van der Waals surface area contributed by atoms with Crippen LogP contribution in [0.2, 0.25) is 0 Å². The number of halogens is 1. The summed E-state index contributed by atoms with van der Waals surface area (Å²) >= 11 is 6.28. The van der Waals surface area contributed by atoms with E-state index in [-0.39, 0.29) is 11.2 Å². The van der Waals surface area contributed by atoms with Gasteiger partial charge in [0.15, 0.2) is 0 Å². The molecule has 15 heavy (non-hydrogen) atoms. The average Bonchev–Trinajstić information content (AvgIpc) is 2.30. The van der Waals surface area contributed by atoms with Gasteiger partial charge in [-0.05, 0) is 5.17 Å². The minimum atomic E-state index is -0.00115. The molecule has 1 unspecified atom stereocenters. The van der Waals surface area contributed by atoms with Crippen LogP contribution < -0.4 is 11.5 Å². The van der Waals surface area contributed by atoms with Crippen LogP contribution in [0.3, 0.4) is 0 Å². The van der Waals surface area contributed by atoms with E-state index in [2.05, 4.69) is 37.3 Å². The Labute approximate surface area is 111 Å². The van der Waals surface area contributed by atoms with Gasteiger partial charge in [-0.1, -0.05) is 25.3 Å². The van der Waals surface area contributed by atoms with E-state index in [0.717, 1.165) is 25.8 Å². The van der Waals surface area contributed by atoms with E-state index in [4.69, 9.17) is 11.5 Å². The zero-order valence-electron chi connectivity index (χ0n) is 7.99. The van der Waals surface area contributed by atoms with Crippen molar-refractivity contribution in [2.45, 2.75) is 25.3 Å². The minimum absolute atomic E-state index is 0.00115. The first-order chi connectivity index (χ1) is 7.20. The molecule has 0 aromatic heterocycles. The predicted octanol–water partition coefficient (Wildman–Crippen LogP) is 0.733. The first-order valence-electron chi connectivity index (χ1n) is 4.31. The van der Waals surface area contributed by atoms with Gasteiger partial charge >= 0.3 is 29.2 Å². The summed E-state index contributed by atoms with van der Waals surface area (Å²) in [6.07, 6.45) is 3.22. The van der Waals surface area contributed by atoms with Crippen LogP contribution in [0.4, 0.5) is 0 Å². The molecular formula is C7H13AuClN5S-2. The molecule has 1 heterocycles. The van der Waals surface area contributed by atoms with Gasteiger partial charge in [0.1, 0.15) is 5.84 Å². The Balaban J connectivity index is 0.000000921. The summed E-state index contributed by atoms with van der Waals surface area (Å²) in [5.41, 5.74) is 10.8. The van der Waals surface area contributed by atoms with E-state index in [0.29, 0.717) is 5.84 Å². The molecule has 1 rings (SSSR count). The zero-order valence-corrected chi connectivity index (χ0v) is 11.7. The van der Waals surface area contributed by atoms with Crippen molar-refractivity contribution in [1.29, 1.82) is 0 Å². The van der Waals surface area contributed by atoms with Crippen molar-refractivity contribution < 1.29 is 20.0 Å². The van der Waals surface area contributed by atoms with Gasteiger partial charge in [-0.25, -0.2) is 0 Å². The topological polar surface area (TPSA) is 90.9 Å². The van der Waals surface area contributed by atoms with E-state index in [1.165, 1.54) is 0 Å². The molecule has 1 aliphatic rings. The van der Waals surface area contributed by atoms with Gasteiger partial charge in [0.2, 0.25) is 0 Å². The first-order valence-corrected chi connectivity index (χ1v) is 7.41. The van der Waals surface area contributed by atoms with Crippen molar-refractivity contribution >= 4 is 32.8 Å². The molecule has 0 saturated carbocycles. The summed E-state index contributed by atoms with van der Waals surface area (Å²) in [6.45, 7) is 0.855. The molecule has 8 heteroatoms. The van der Waals surface area contributed by atoms with E-state index in [1.807, 2.05) is 0 Å². The summed E-state index contributed by atoms with van der Waals surface area (Å²) < 4.78 is 0. The SMILES string of the molecule is NC([S-])=NN=C(N)C1CCCC[N-]1.[Cl][Au]. The zero-order chi connectivity index (χ0) is 11.7. The Hall–Kier alpha value is 0.150. The van der Waals surface area contributed by atoms with Gasteiger partial charge in [0.25, 0.3) is 0 Å². The van der Waals surface area contributed by atoms with Crippen LogP contribution in [0.1, 0.15) is 19.3 Å². The summed E-state index contributed by atoms with van der Waals surface area (Å²) in [5.74, 6) is 0.410. The summed E-state index contributed by atoms with van der Waals surface area (Å²) in [5, 5.41) is 11.5. The Morgan fingerprint density at radius 1 is 1.33 bits per heavy atom. The van der Waals surface area contributed by atoms with Crippen molar-refractivity contribution in [2.75, 3.05) is 6.54 Å². The molecule has 0 bridgehead atoms. The maximum atomic E-state index is 5.64. The molecule has 0 spiro atoms. The number of piperidine rings is 1. The second-order valence-electron chi connectivity index (χ2n) is 2.88. The van der Waals surface area contributed by atoms with Crippen molar-refractivity contribution in [3.8, 4) is 0 Å². The van der Waals surface area contributed by atoms with Crippen molar-refractivity contribution in [1.82, 2.24) is 0 Å². The fraction of sp³-hybridized carbons (Fsp3) is 0.714. The Morgan fingerprint density at radius 3 is 2.47 bits per heavy atom. The molecule has 4 N–H and O–H groups in total. The molecule has 1 aliphatic heterocycles. The Kier molecular flexibility index (Phi) is 9.48. The van der Waals surface area contributed by atoms with Crippen LogP contribution in [0.25, 0.3) is 5.32 Å². The quantitative estimate of drug-likeness (QED) is 0.222. The van der Waals surface area contributed by atoms with Gasteiger partial charge in [-0.3, -0.25) is 0 Å². The molecule has 0 aromatic rings. The molecule has 1 fully saturated rings. The van der Waals surface area contributed by atoms with Crippen LogP contribution in [0.15, 0.2) is 10.2 Å². The van der Waals surface area contributed by atoms with Gasteiger partial charge < -0.3 is 29.4 Å². The third-order valence-electron chi connectivity index (χ3n) is 1.84. The van der Waals surface area contributed by atoms with Gasteiger partial charge in [-0.2, -0.15) is 5.10 Å². The number of hydrogen-bond acceptors (Lipinski definition) is 3. The molecule has 5 nitrogen and oxygen atoms in total. The molecule has 0 aromatic carbocycles. The molecule has 0 radical (unpaired) electrons. The third-order valence-corrected chi connectivity index (χ3v) is 1.92. The Bertz CT molecular complexity index is 225. The fourth-order valence-electron chi connectivity index (χ4n) is 1.20. The van der Waals surface area contributed by atoms with Gasteiger partial charge in [-0.15, -0.1) is 11.6 Å². The third kappa shape index (κ3) is 7.10. The second kappa shape index (κ2) is 9.38. The number of nitrogens with two attached hydrogens (primary N) is 2. The molecule has 92 valence electrons. The number of hydrogen-bond donors (Lipinski definition) is 2. The van der Waals surface area contributed by atoms with Crippen LogP contribution in [0.5, 0.6) is 0 Å². The first kappa shape index (κ1) is 15.2. The average molecular weight is 432 g/mol. The predicted molar refractivity (Wildman–Crippen MR) is 62.3 cm³/mol. The number of nitrogens with zero attached hydrogens (tertiary/aromatic N) is 3. The maximum absolute atomic E-state index is 5.64. The summed E-state index contributed by atoms with van der Waals surface area (Å²) in [4.78, 5) is 0. The molecule has 0 amide bonds.